The zero-order chi connectivity index (χ0) is 30.1. The highest BCUT2D eigenvalue weighted by Gasteiger charge is 2.06. The molecule has 1 unspecified atom stereocenters. The Morgan fingerprint density at radius 3 is 2.15 bits per heavy atom. The second kappa shape index (κ2) is 27.0. The third-order valence-corrected chi connectivity index (χ3v) is 6.70. The van der Waals surface area contributed by atoms with Gasteiger partial charge in [-0.15, -0.1) is 12.3 Å². The predicted octanol–water partition coefficient (Wildman–Crippen LogP) is 8.14. The van der Waals surface area contributed by atoms with Gasteiger partial charge < -0.3 is 23.8 Å². The largest absolute Gasteiger partial charge is 0.496 e. The molecule has 222 valence electrons. The number of carbonyl (C=O) groups excluding carboxylic acids is 1. The lowest BCUT2D eigenvalue weighted by molar-refractivity contribution is -0.142. The van der Waals surface area contributed by atoms with E-state index in [0.29, 0.717) is 28.3 Å². The van der Waals surface area contributed by atoms with Gasteiger partial charge in [0.25, 0.3) is 0 Å². The Kier molecular flexibility index (Phi) is 27.6. The van der Waals surface area contributed by atoms with Crippen molar-refractivity contribution in [3.8, 4) is 18.1 Å². The van der Waals surface area contributed by atoms with Crippen LogP contribution in [0.25, 0.3) is 0 Å². The van der Waals surface area contributed by atoms with Gasteiger partial charge in [0.05, 0.1) is 18.0 Å². The lowest BCUT2D eigenvalue weighted by Gasteiger charge is -2.12. The first-order chi connectivity index (χ1) is 18.4. The standard InChI is InChI=1S/C24H36IO5PS.C3H8O.C3H4/c1-18(2)28-20(5)8-6-9-21(10-7-11-24(26)27-16-17-32-25)29-22-12-14-23(15-13-22)31-30-19(3)4;1-3(2)4;1-3-2/h8,10,12-15,18-19,31H,6-7,9,11,16-17H2,1-5H3;3-4H,1-2H3;1H,2H3/b20-8+,21-10+;;. The van der Waals surface area contributed by atoms with E-state index < -0.39 is 0 Å². The molecule has 1 aromatic carbocycles. The fourth-order valence-electron chi connectivity index (χ4n) is 2.57. The summed E-state index contributed by atoms with van der Waals surface area (Å²) < 4.78 is 22.7. The molecule has 0 radical (unpaired) electrons. The average Bonchev–Trinajstić information content (AvgIpc) is 2.83. The molecule has 0 fully saturated rings. The third kappa shape index (κ3) is 29.6. The van der Waals surface area contributed by atoms with E-state index >= 15 is 0 Å². The molecule has 0 amide bonds. The first-order valence-corrected chi connectivity index (χ1v) is 17.5. The SMILES string of the molecule is C#CC.C/C(=C\CC/C(=C\CCC(=O)OCCSI)Oc1ccc(POC(C)C)cc1)OC(C)C.CC(C)O. The minimum Gasteiger partial charge on any atom is -0.496 e. The fraction of sp³-hybridized carbons (Fsp3) is 0.567. The maximum absolute atomic E-state index is 11.9. The van der Waals surface area contributed by atoms with Gasteiger partial charge >= 0.3 is 5.97 Å². The van der Waals surface area contributed by atoms with E-state index in [1.165, 1.54) is 0 Å². The monoisotopic (exact) mass is 694 g/mol. The first-order valence-electron chi connectivity index (χ1n) is 13.1. The van der Waals surface area contributed by atoms with Crippen LogP contribution in [0, 0.1) is 12.3 Å². The predicted molar refractivity (Wildman–Crippen MR) is 177 cm³/mol. The van der Waals surface area contributed by atoms with Crippen molar-refractivity contribution in [2.75, 3.05) is 12.4 Å². The summed E-state index contributed by atoms with van der Waals surface area (Å²) in [5.41, 5.74) is 0. The molecule has 0 spiro atoms. The third-order valence-electron chi connectivity index (χ3n) is 3.90. The summed E-state index contributed by atoms with van der Waals surface area (Å²) in [7, 11) is 1.95. The molecule has 0 aromatic heterocycles. The lowest BCUT2D eigenvalue weighted by atomic mass is 10.2. The minimum atomic E-state index is -0.178. The van der Waals surface area contributed by atoms with Gasteiger partial charge in [0.1, 0.15) is 18.1 Å². The van der Waals surface area contributed by atoms with Gasteiger partial charge in [-0.25, -0.2) is 0 Å². The van der Waals surface area contributed by atoms with Crippen LogP contribution in [0.3, 0.4) is 0 Å². The number of aliphatic hydroxyl groups excluding tert-OH is 1. The van der Waals surface area contributed by atoms with E-state index in [9.17, 15) is 4.79 Å². The number of esters is 1. The van der Waals surface area contributed by atoms with Gasteiger partial charge in [-0.05, 0) is 131 Å². The van der Waals surface area contributed by atoms with Crippen molar-refractivity contribution in [3.05, 3.63) is 47.9 Å². The number of ether oxygens (including phenoxy) is 3. The summed E-state index contributed by atoms with van der Waals surface area (Å²) in [5, 5.41) is 9.19. The normalized spacial score (nSPS) is 11.6. The van der Waals surface area contributed by atoms with Crippen LogP contribution in [-0.2, 0) is 18.8 Å². The van der Waals surface area contributed by atoms with Crippen LogP contribution in [0.2, 0.25) is 0 Å². The van der Waals surface area contributed by atoms with E-state index in [-0.39, 0.29) is 24.3 Å². The molecule has 1 rings (SSSR count). The van der Waals surface area contributed by atoms with Crippen LogP contribution < -0.4 is 10.0 Å². The van der Waals surface area contributed by atoms with Gasteiger partial charge in [0.15, 0.2) is 0 Å². The quantitative estimate of drug-likeness (QED) is 0.0468. The van der Waals surface area contributed by atoms with Crippen molar-refractivity contribution in [1.82, 2.24) is 0 Å². The maximum Gasteiger partial charge on any atom is 0.306 e. The summed E-state index contributed by atoms with van der Waals surface area (Å²) in [6, 6.07) is 7.96. The molecule has 1 aromatic rings. The molecule has 1 atom stereocenters. The van der Waals surface area contributed by atoms with Gasteiger partial charge in [-0.3, -0.25) is 4.79 Å². The molecule has 0 aliphatic heterocycles. The Bertz CT molecular complexity index is 845. The highest BCUT2D eigenvalue weighted by Crippen LogP contribution is 2.21. The second-order valence-corrected chi connectivity index (χ2v) is 12.6. The molecule has 9 heteroatoms. The molecule has 39 heavy (non-hydrogen) atoms. The van der Waals surface area contributed by atoms with E-state index in [0.717, 1.165) is 41.2 Å². The molecule has 0 saturated carbocycles. The number of rotatable bonds is 16. The summed E-state index contributed by atoms with van der Waals surface area (Å²) in [6.45, 7) is 15.6. The molecule has 0 bridgehead atoms. The van der Waals surface area contributed by atoms with E-state index in [1.807, 2.05) is 65.0 Å². The zero-order valence-electron chi connectivity index (χ0n) is 24.8. The van der Waals surface area contributed by atoms with Crippen LogP contribution in [0.4, 0.5) is 0 Å². The molecule has 1 N–H and O–H groups in total. The second-order valence-electron chi connectivity index (χ2n) is 9.04. The van der Waals surface area contributed by atoms with Gasteiger partial charge in [0.2, 0.25) is 0 Å². The highest BCUT2D eigenvalue weighted by molar-refractivity contribution is 14.2. The van der Waals surface area contributed by atoms with Crippen LogP contribution >= 0.6 is 38.9 Å². The Balaban J connectivity index is 0. The van der Waals surface area contributed by atoms with Crippen molar-refractivity contribution >= 4 is 50.2 Å². The lowest BCUT2D eigenvalue weighted by Crippen LogP contribution is -2.06. The van der Waals surface area contributed by atoms with E-state index in [2.05, 4.69) is 39.6 Å². The first kappa shape index (κ1) is 39.9. The summed E-state index contributed by atoms with van der Waals surface area (Å²) in [5.74, 6) is 5.39. The Hall–Kier alpha value is -1.24. The molecular weight excluding hydrogens is 646 g/mol. The molecule has 0 aliphatic carbocycles. The van der Waals surface area contributed by atoms with Crippen molar-refractivity contribution in [2.45, 2.75) is 99.4 Å². The Labute approximate surface area is 255 Å². The number of carbonyl (C=O) groups is 1. The van der Waals surface area contributed by atoms with Crippen LogP contribution in [0.1, 0.15) is 81.1 Å². The van der Waals surface area contributed by atoms with Crippen molar-refractivity contribution in [3.63, 3.8) is 0 Å². The highest BCUT2D eigenvalue weighted by atomic mass is 127. The fourth-order valence-corrected chi connectivity index (χ4v) is 3.93. The summed E-state index contributed by atoms with van der Waals surface area (Å²) >= 11 is 2.19. The smallest absolute Gasteiger partial charge is 0.306 e. The summed E-state index contributed by atoms with van der Waals surface area (Å²) in [4.78, 5) is 11.9. The number of allylic oxidation sites excluding steroid dienone is 4. The number of hydrogen-bond donors (Lipinski definition) is 1. The number of terminal acetylenes is 1. The minimum absolute atomic E-state index is 0.160. The number of hydrogen-bond acceptors (Lipinski definition) is 7. The topological polar surface area (TPSA) is 74.2 Å². The number of benzene rings is 1. The van der Waals surface area contributed by atoms with E-state index in [4.69, 9.17) is 23.8 Å². The van der Waals surface area contributed by atoms with Gasteiger partial charge in [0, 0.05) is 33.5 Å². The Morgan fingerprint density at radius 1 is 1.08 bits per heavy atom. The number of halogens is 1. The molecule has 0 saturated heterocycles. The molecular formula is C30H48IO6PS. The average molecular weight is 695 g/mol. The van der Waals surface area contributed by atoms with E-state index in [1.54, 1.807) is 29.7 Å². The zero-order valence-corrected chi connectivity index (χ0v) is 28.8. The van der Waals surface area contributed by atoms with Gasteiger partial charge in [-0.1, -0.05) is 8.93 Å². The van der Waals surface area contributed by atoms with Crippen molar-refractivity contribution in [2.24, 2.45) is 0 Å². The summed E-state index contributed by atoms with van der Waals surface area (Å²) in [6.07, 6.45) is 11.3. The molecule has 0 aliphatic rings. The van der Waals surface area contributed by atoms with Crippen LogP contribution in [-0.4, -0.2) is 41.7 Å². The molecule has 6 nitrogen and oxygen atoms in total. The number of aliphatic hydroxyl groups is 1. The molecule has 0 heterocycles. The van der Waals surface area contributed by atoms with Crippen LogP contribution in [0.5, 0.6) is 5.75 Å². The van der Waals surface area contributed by atoms with Gasteiger partial charge in [-0.2, -0.15) is 0 Å². The van der Waals surface area contributed by atoms with Crippen LogP contribution in [0.15, 0.2) is 47.9 Å². The maximum atomic E-state index is 11.9. The van der Waals surface area contributed by atoms with Crippen molar-refractivity contribution in [1.29, 1.82) is 0 Å². The Morgan fingerprint density at radius 2 is 1.64 bits per heavy atom. The van der Waals surface area contributed by atoms with Crippen molar-refractivity contribution < 1.29 is 28.6 Å².